The number of halogens is 1. The minimum atomic E-state index is -0.343. The quantitative estimate of drug-likeness (QED) is 0.474. The Morgan fingerprint density at radius 2 is 1.77 bits per heavy atom. The predicted molar refractivity (Wildman–Crippen MR) is 52.7 cm³/mol. The Morgan fingerprint density at radius 1 is 1.23 bits per heavy atom. The van der Waals surface area contributed by atoms with Crippen LogP contribution < -0.4 is 5.73 Å². The van der Waals surface area contributed by atoms with E-state index in [1.807, 2.05) is 0 Å². The summed E-state index contributed by atoms with van der Waals surface area (Å²) in [5.41, 5.74) is 5.65. The molecule has 13 heavy (non-hydrogen) atoms. The molecule has 1 aromatic rings. The van der Waals surface area contributed by atoms with Gasteiger partial charge in [-0.1, -0.05) is 0 Å². The van der Waals surface area contributed by atoms with E-state index in [4.69, 9.17) is 16.6 Å². The Balaban J connectivity index is 2.78. The molecule has 0 aliphatic heterocycles. The van der Waals surface area contributed by atoms with Crippen molar-refractivity contribution >= 4 is 22.0 Å². The van der Waals surface area contributed by atoms with E-state index in [9.17, 15) is 4.39 Å². The van der Waals surface area contributed by atoms with Crippen molar-refractivity contribution in [1.29, 1.82) is 10.8 Å². The summed E-state index contributed by atoms with van der Waals surface area (Å²) in [6.07, 6.45) is 0. The molecule has 1 aromatic carbocycles. The summed E-state index contributed by atoms with van der Waals surface area (Å²) in [6, 6.07) is 5.50. The van der Waals surface area contributed by atoms with Crippen LogP contribution in [0.4, 0.5) is 4.39 Å². The highest BCUT2D eigenvalue weighted by Crippen LogP contribution is 2.11. The lowest BCUT2D eigenvalue weighted by Crippen LogP contribution is -2.08. The molecule has 0 saturated carbocycles. The third-order valence-electron chi connectivity index (χ3n) is 1.32. The van der Waals surface area contributed by atoms with Gasteiger partial charge in [0.05, 0.1) is 0 Å². The molecule has 1 rings (SSSR count). The number of benzene rings is 1. The molecule has 3 nitrogen and oxygen atoms in total. The Hall–Kier alpha value is -1.36. The molecule has 5 heteroatoms. The molecule has 0 saturated heterocycles. The maximum absolute atomic E-state index is 12.5. The van der Waals surface area contributed by atoms with Crippen molar-refractivity contribution in [3.8, 4) is 0 Å². The van der Waals surface area contributed by atoms with Crippen LogP contribution in [0.15, 0.2) is 24.3 Å². The molecule has 0 spiro atoms. The van der Waals surface area contributed by atoms with Crippen molar-refractivity contribution in [3.63, 3.8) is 0 Å². The highest BCUT2D eigenvalue weighted by Gasteiger charge is 2.03. The summed E-state index contributed by atoms with van der Waals surface area (Å²) in [4.78, 5) is 0. The largest absolute Gasteiger partial charge is 0.378 e. The van der Waals surface area contributed by atoms with Crippen molar-refractivity contribution in [3.05, 3.63) is 35.6 Å². The van der Waals surface area contributed by atoms with Gasteiger partial charge in [0.15, 0.2) is 5.17 Å². The van der Waals surface area contributed by atoms with Crippen LogP contribution in [-0.4, -0.2) is 10.2 Å². The van der Waals surface area contributed by atoms with Gasteiger partial charge in [-0.25, -0.2) is 4.39 Å². The Labute approximate surface area is 79.2 Å². The van der Waals surface area contributed by atoms with Crippen molar-refractivity contribution in [2.24, 2.45) is 5.73 Å². The summed E-state index contributed by atoms with van der Waals surface area (Å²) < 4.78 is 12.5. The van der Waals surface area contributed by atoms with Gasteiger partial charge >= 0.3 is 0 Å². The zero-order valence-corrected chi connectivity index (χ0v) is 7.49. The maximum atomic E-state index is 12.5. The number of hydrogen-bond acceptors (Lipinski definition) is 3. The van der Waals surface area contributed by atoms with E-state index in [2.05, 4.69) is 0 Å². The third-order valence-corrected chi connectivity index (χ3v) is 1.98. The summed E-state index contributed by atoms with van der Waals surface area (Å²) in [6.45, 7) is 0. The van der Waals surface area contributed by atoms with Gasteiger partial charge in [-0.2, -0.15) is 0 Å². The monoisotopic (exact) mass is 197 g/mol. The van der Waals surface area contributed by atoms with E-state index in [-0.39, 0.29) is 16.0 Å². The molecule has 0 amide bonds. The van der Waals surface area contributed by atoms with Crippen LogP contribution in [0.3, 0.4) is 0 Å². The van der Waals surface area contributed by atoms with Gasteiger partial charge in [-0.15, -0.1) is 0 Å². The molecule has 0 unspecified atom stereocenters. The second-order valence-electron chi connectivity index (χ2n) is 2.30. The molecule has 0 aliphatic rings. The van der Waals surface area contributed by atoms with Gasteiger partial charge < -0.3 is 5.73 Å². The van der Waals surface area contributed by atoms with Crippen LogP contribution in [0, 0.1) is 16.6 Å². The summed E-state index contributed by atoms with van der Waals surface area (Å²) in [5, 5.41) is 14.4. The number of nitrogens with one attached hydrogen (secondary N) is 2. The fourth-order valence-electron chi connectivity index (χ4n) is 0.770. The summed E-state index contributed by atoms with van der Waals surface area (Å²) in [7, 11) is 0. The van der Waals surface area contributed by atoms with Gasteiger partial charge in [0, 0.05) is 5.56 Å². The lowest BCUT2D eigenvalue weighted by molar-refractivity contribution is 0.628. The van der Waals surface area contributed by atoms with Crippen molar-refractivity contribution < 1.29 is 4.39 Å². The lowest BCUT2D eigenvalue weighted by atomic mass is 10.2. The molecule has 68 valence electrons. The molecule has 0 aromatic heterocycles. The first-order valence-corrected chi connectivity index (χ1v) is 4.27. The second-order valence-corrected chi connectivity index (χ2v) is 3.35. The van der Waals surface area contributed by atoms with Crippen LogP contribution in [0.2, 0.25) is 0 Å². The first-order valence-electron chi connectivity index (χ1n) is 3.46. The first kappa shape index (κ1) is 9.73. The molecule has 0 aliphatic carbocycles. The standard InChI is InChI=1S/C8H8FN3S/c9-6-3-1-5(2-4-6)7(10)13-8(11)12/h1-4,10H,(H3,11,12). The molecule has 4 N–H and O–H groups in total. The highest BCUT2D eigenvalue weighted by atomic mass is 32.2. The lowest BCUT2D eigenvalue weighted by Gasteiger charge is -2.00. The number of amidine groups is 1. The van der Waals surface area contributed by atoms with Gasteiger partial charge in [-0.3, -0.25) is 10.8 Å². The average Bonchev–Trinajstić information content (AvgIpc) is 2.04. The van der Waals surface area contributed by atoms with Gasteiger partial charge in [0.1, 0.15) is 10.9 Å². The molecular weight excluding hydrogens is 189 g/mol. The van der Waals surface area contributed by atoms with Gasteiger partial charge in [-0.05, 0) is 36.0 Å². The Morgan fingerprint density at radius 3 is 2.23 bits per heavy atom. The predicted octanol–water partition coefficient (Wildman–Crippen LogP) is 1.78. The normalized spacial score (nSPS) is 9.62. The number of rotatable bonds is 1. The van der Waals surface area contributed by atoms with Crippen molar-refractivity contribution in [2.45, 2.75) is 0 Å². The third kappa shape index (κ3) is 2.87. The second kappa shape index (κ2) is 4.04. The van der Waals surface area contributed by atoms with Crippen molar-refractivity contribution in [1.82, 2.24) is 0 Å². The molecular formula is C8H8FN3S. The van der Waals surface area contributed by atoms with E-state index in [0.29, 0.717) is 5.56 Å². The summed E-state index contributed by atoms with van der Waals surface area (Å²) in [5.74, 6) is -0.343. The van der Waals surface area contributed by atoms with Crippen LogP contribution in [-0.2, 0) is 0 Å². The highest BCUT2D eigenvalue weighted by molar-refractivity contribution is 8.26. The van der Waals surface area contributed by atoms with Crippen LogP contribution in [0.25, 0.3) is 0 Å². The fourth-order valence-corrected chi connectivity index (χ4v) is 1.24. The van der Waals surface area contributed by atoms with Crippen LogP contribution >= 0.6 is 11.8 Å². The molecule has 0 radical (unpaired) electrons. The number of hydrogen-bond donors (Lipinski definition) is 3. The first-order chi connectivity index (χ1) is 6.09. The molecule has 0 heterocycles. The molecule has 0 fully saturated rings. The van der Waals surface area contributed by atoms with Gasteiger partial charge in [0.2, 0.25) is 0 Å². The smallest absolute Gasteiger partial charge is 0.157 e. The van der Waals surface area contributed by atoms with Gasteiger partial charge in [0.25, 0.3) is 0 Å². The van der Waals surface area contributed by atoms with E-state index >= 15 is 0 Å². The van der Waals surface area contributed by atoms with E-state index < -0.39 is 0 Å². The Kier molecular flexibility index (Phi) is 3.02. The molecule has 0 atom stereocenters. The van der Waals surface area contributed by atoms with Crippen molar-refractivity contribution in [2.75, 3.05) is 0 Å². The zero-order valence-electron chi connectivity index (χ0n) is 6.67. The van der Waals surface area contributed by atoms with E-state index in [1.54, 1.807) is 0 Å². The topological polar surface area (TPSA) is 73.7 Å². The minimum Gasteiger partial charge on any atom is -0.378 e. The van der Waals surface area contributed by atoms with Crippen LogP contribution in [0.1, 0.15) is 5.56 Å². The number of nitrogens with two attached hydrogens (primary N) is 1. The Bertz CT molecular complexity index is 334. The number of thioether (sulfide) groups is 1. The minimum absolute atomic E-state index is 0.144. The SMILES string of the molecule is N=C(N)SC(=N)c1ccc(F)cc1. The maximum Gasteiger partial charge on any atom is 0.157 e. The fraction of sp³-hybridized carbons (Fsp3) is 0. The van der Waals surface area contributed by atoms with E-state index in [0.717, 1.165) is 11.8 Å². The van der Waals surface area contributed by atoms with Crippen LogP contribution in [0.5, 0.6) is 0 Å². The zero-order chi connectivity index (χ0) is 9.84. The van der Waals surface area contributed by atoms with E-state index in [1.165, 1.54) is 24.3 Å². The summed E-state index contributed by atoms with van der Waals surface area (Å²) >= 11 is 0.835. The average molecular weight is 197 g/mol. The molecule has 0 bridgehead atoms.